The van der Waals surface area contributed by atoms with Gasteiger partial charge in [0.2, 0.25) is 0 Å². The third-order valence-corrected chi connectivity index (χ3v) is 4.48. The average Bonchev–Trinajstić information content (AvgIpc) is 3.11. The van der Waals surface area contributed by atoms with E-state index in [1.54, 1.807) is 10.9 Å². The Balaban J connectivity index is 1.91. The van der Waals surface area contributed by atoms with Gasteiger partial charge in [0.1, 0.15) is 0 Å². The molecule has 2 heterocycles. The highest BCUT2D eigenvalue weighted by Gasteiger charge is 2.17. The molecule has 0 aliphatic rings. The molecule has 1 aromatic carbocycles. The number of pyridine rings is 1. The molecule has 0 atom stereocenters. The van der Waals surface area contributed by atoms with Crippen molar-refractivity contribution in [3.63, 3.8) is 0 Å². The molecule has 0 saturated carbocycles. The Morgan fingerprint density at radius 3 is 2.74 bits per heavy atom. The van der Waals surface area contributed by atoms with E-state index in [-0.39, 0.29) is 12.5 Å². The summed E-state index contributed by atoms with van der Waals surface area (Å²) in [6.07, 6.45) is 1.70. The van der Waals surface area contributed by atoms with Crippen molar-refractivity contribution in [1.29, 1.82) is 0 Å². The van der Waals surface area contributed by atoms with Crippen LogP contribution >= 0.6 is 0 Å². The minimum atomic E-state index is -0.146. The molecule has 0 fully saturated rings. The standard InChI is InChI=1S/C20H25N5O2/c1-3-25-19-17(14-22-25)16(20(27)21-9-10-24(2)11-12-26)13-18(23-19)15-7-5-4-6-8-15/h4-8,13-14,26H,3,9-12H2,1-2H3,(H,21,27). The second-order valence-electron chi connectivity index (χ2n) is 6.40. The molecule has 0 aliphatic heterocycles. The normalized spacial score (nSPS) is 11.3. The number of aliphatic hydroxyl groups is 1. The van der Waals surface area contributed by atoms with Crippen molar-refractivity contribution in [2.24, 2.45) is 0 Å². The summed E-state index contributed by atoms with van der Waals surface area (Å²) < 4.78 is 1.80. The maximum absolute atomic E-state index is 12.8. The molecule has 7 heteroatoms. The molecule has 2 aromatic heterocycles. The molecule has 0 spiro atoms. The largest absolute Gasteiger partial charge is 0.395 e. The minimum Gasteiger partial charge on any atom is -0.395 e. The van der Waals surface area contributed by atoms with E-state index in [4.69, 9.17) is 10.1 Å². The van der Waals surface area contributed by atoms with Crippen LogP contribution in [0.2, 0.25) is 0 Å². The van der Waals surface area contributed by atoms with Gasteiger partial charge in [-0.3, -0.25) is 4.79 Å². The maximum atomic E-state index is 12.8. The molecular formula is C20H25N5O2. The Hall–Kier alpha value is -2.77. The van der Waals surface area contributed by atoms with Crippen LogP contribution in [0, 0.1) is 0 Å². The van der Waals surface area contributed by atoms with Crippen LogP contribution in [0.5, 0.6) is 0 Å². The van der Waals surface area contributed by atoms with Crippen molar-refractivity contribution in [1.82, 2.24) is 25.0 Å². The first kappa shape index (κ1) is 19.0. The van der Waals surface area contributed by atoms with Gasteiger partial charge in [-0.2, -0.15) is 5.10 Å². The molecule has 0 bridgehead atoms. The Bertz CT molecular complexity index is 907. The lowest BCUT2D eigenvalue weighted by Crippen LogP contribution is -2.34. The quantitative estimate of drug-likeness (QED) is 0.634. The number of nitrogens with one attached hydrogen (secondary N) is 1. The van der Waals surface area contributed by atoms with Crippen LogP contribution in [0.25, 0.3) is 22.3 Å². The van der Waals surface area contributed by atoms with Crippen LogP contribution in [0.1, 0.15) is 17.3 Å². The molecule has 142 valence electrons. The zero-order chi connectivity index (χ0) is 19.2. The van der Waals surface area contributed by atoms with E-state index in [2.05, 4.69) is 10.4 Å². The van der Waals surface area contributed by atoms with Gasteiger partial charge in [0, 0.05) is 31.7 Å². The monoisotopic (exact) mass is 367 g/mol. The average molecular weight is 367 g/mol. The number of carbonyl (C=O) groups is 1. The number of carbonyl (C=O) groups excluding carboxylic acids is 1. The molecule has 0 saturated heterocycles. The van der Waals surface area contributed by atoms with E-state index < -0.39 is 0 Å². The summed E-state index contributed by atoms with van der Waals surface area (Å²) >= 11 is 0. The number of benzene rings is 1. The maximum Gasteiger partial charge on any atom is 0.252 e. The van der Waals surface area contributed by atoms with Crippen molar-refractivity contribution >= 4 is 16.9 Å². The van der Waals surface area contributed by atoms with Gasteiger partial charge < -0.3 is 15.3 Å². The first-order valence-electron chi connectivity index (χ1n) is 9.13. The summed E-state index contributed by atoms with van der Waals surface area (Å²) in [5, 5.41) is 17.0. The molecule has 7 nitrogen and oxygen atoms in total. The third kappa shape index (κ3) is 4.32. The zero-order valence-electron chi connectivity index (χ0n) is 15.7. The number of likely N-dealkylation sites (N-methyl/N-ethyl adjacent to an activating group) is 1. The van der Waals surface area contributed by atoms with Crippen LogP contribution in [0.15, 0.2) is 42.6 Å². The molecular weight excluding hydrogens is 342 g/mol. The number of hydrogen-bond acceptors (Lipinski definition) is 5. The summed E-state index contributed by atoms with van der Waals surface area (Å²) in [5.74, 6) is -0.146. The fourth-order valence-corrected chi connectivity index (χ4v) is 2.96. The lowest BCUT2D eigenvalue weighted by Gasteiger charge is -2.15. The molecule has 3 aromatic rings. The molecule has 27 heavy (non-hydrogen) atoms. The summed E-state index contributed by atoms with van der Waals surface area (Å²) in [6, 6.07) is 11.6. The predicted molar refractivity (Wildman–Crippen MR) is 106 cm³/mol. The molecule has 0 aliphatic carbocycles. The SMILES string of the molecule is CCn1ncc2c(C(=O)NCCN(C)CCO)cc(-c3ccccc3)nc21. The van der Waals surface area contributed by atoms with E-state index in [9.17, 15) is 4.79 Å². The van der Waals surface area contributed by atoms with Gasteiger partial charge in [0.05, 0.1) is 29.4 Å². The van der Waals surface area contributed by atoms with Gasteiger partial charge in [0.25, 0.3) is 5.91 Å². The smallest absolute Gasteiger partial charge is 0.252 e. The predicted octanol–water partition coefficient (Wildman–Crippen LogP) is 1.77. The number of aromatic nitrogens is 3. The first-order chi connectivity index (χ1) is 13.1. The third-order valence-electron chi connectivity index (χ3n) is 4.48. The number of hydrogen-bond donors (Lipinski definition) is 2. The van der Waals surface area contributed by atoms with E-state index in [0.717, 1.165) is 16.6 Å². The number of aryl methyl sites for hydroxylation is 1. The number of aliphatic hydroxyl groups excluding tert-OH is 1. The summed E-state index contributed by atoms with van der Waals surface area (Å²) in [6.45, 7) is 4.53. The number of fused-ring (bicyclic) bond motifs is 1. The van der Waals surface area contributed by atoms with E-state index in [0.29, 0.717) is 37.4 Å². The summed E-state index contributed by atoms with van der Waals surface area (Å²) in [5.41, 5.74) is 2.99. The van der Waals surface area contributed by atoms with E-state index in [1.165, 1.54) is 0 Å². The molecule has 1 amide bonds. The highest BCUT2D eigenvalue weighted by atomic mass is 16.3. The zero-order valence-corrected chi connectivity index (χ0v) is 15.7. The molecule has 0 radical (unpaired) electrons. The molecule has 0 unspecified atom stereocenters. The highest BCUT2D eigenvalue weighted by molar-refractivity contribution is 6.06. The topological polar surface area (TPSA) is 83.3 Å². The van der Waals surface area contributed by atoms with Crippen molar-refractivity contribution in [2.45, 2.75) is 13.5 Å². The molecule has 3 rings (SSSR count). The van der Waals surface area contributed by atoms with Gasteiger partial charge in [0.15, 0.2) is 5.65 Å². The Kier molecular flexibility index (Phi) is 6.16. The Labute approximate surface area is 158 Å². The van der Waals surface area contributed by atoms with Crippen molar-refractivity contribution in [2.75, 3.05) is 33.3 Å². The van der Waals surface area contributed by atoms with Gasteiger partial charge in [-0.1, -0.05) is 30.3 Å². The summed E-state index contributed by atoms with van der Waals surface area (Å²) in [7, 11) is 1.91. The highest BCUT2D eigenvalue weighted by Crippen LogP contribution is 2.24. The minimum absolute atomic E-state index is 0.103. The van der Waals surface area contributed by atoms with Crippen LogP contribution in [0.4, 0.5) is 0 Å². The second-order valence-corrected chi connectivity index (χ2v) is 6.40. The number of rotatable bonds is 8. The lowest BCUT2D eigenvalue weighted by atomic mass is 10.1. The lowest BCUT2D eigenvalue weighted by molar-refractivity contribution is 0.0950. The Morgan fingerprint density at radius 2 is 2.04 bits per heavy atom. The van der Waals surface area contributed by atoms with Crippen molar-refractivity contribution in [3.8, 4) is 11.3 Å². The van der Waals surface area contributed by atoms with Gasteiger partial charge in [-0.25, -0.2) is 9.67 Å². The number of nitrogens with zero attached hydrogens (tertiary/aromatic N) is 4. The van der Waals surface area contributed by atoms with Crippen molar-refractivity contribution in [3.05, 3.63) is 48.2 Å². The fraction of sp³-hybridized carbons (Fsp3) is 0.350. The molecule has 2 N–H and O–H groups in total. The van der Waals surface area contributed by atoms with Crippen LogP contribution in [-0.4, -0.2) is 64.0 Å². The van der Waals surface area contributed by atoms with Gasteiger partial charge >= 0.3 is 0 Å². The van der Waals surface area contributed by atoms with Crippen molar-refractivity contribution < 1.29 is 9.90 Å². The first-order valence-corrected chi connectivity index (χ1v) is 9.13. The summed E-state index contributed by atoms with van der Waals surface area (Å²) in [4.78, 5) is 19.5. The van der Waals surface area contributed by atoms with Crippen LogP contribution < -0.4 is 5.32 Å². The van der Waals surface area contributed by atoms with E-state index >= 15 is 0 Å². The van der Waals surface area contributed by atoms with E-state index in [1.807, 2.05) is 55.3 Å². The Morgan fingerprint density at radius 1 is 1.26 bits per heavy atom. The van der Waals surface area contributed by atoms with Gasteiger partial charge in [-0.15, -0.1) is 0 Å². The number of amides is 1. The second kappa shape index (κ2) is 8.75. The van der Waals surface area contributed by atoms with Crippen LogP contribution in [0.3, 0.4) is 0 Å². The fourth-order valence-electron chi connectivity index (χ4n) is 2.96. The van der Waals surface area contributed by atoms with Crippen LogP contribution in [-0.2, 0) is 6.54 Å². The van der Waals surface area contributed by atoms with Gasteiger partial charge in [-0.05, 0) is 20.0 Å².